The van der Waals surface area contributed by atoms with E-state index in [0.717, 1.165) is 5.56 Å². The van der Waals surface area contributed by atoms with Crippen molar-refractivity contribution in [2.75, 3.05) is 5.73 Å². The molecular formula is C16H15N3O2. The van der Waals surface area contributed by atoms with Crippen molar-refractivity contribution in [2.24, 2.45) is 0 Å². The Bertz CT molecular complexity index is 847. The van der Waals surface area contributed by atoms with Gasteiger partial charge in [-0.05, 0) is 30.2 Å². The van der Waals surface area contributed by atoms with Gasteiger partial charge in [0.15, 0.2) is 0 Å². The lowest BCUT2D eigenvalue weighted by Gasteiger charge is -2.03. The summed E-state index contributed by atoms with van der Waals surface area (Å²) < 4.78 is 1.18. The summed E-state index contributed by atoms with van der Waals surface area (Å²) in [7, 11) is 0. The van der Waals surface area contributed by atoms with E-state index in [1.165, 1.54) is 4.57 Å². The highest BCUT2D eigenvalue weighted by atomic mass is 16.2. The molecule has 5 nitrogen and oxygen atoms in total. The lowest BCUT2D eigenvalue weighted by atomic mass is 10.1. The van der Waals surface area contributed by atoms with E-state index in [2.05, 4.69) is 4.98 Å². The van der Waals surface area contributed by atoms with E-state index >= 15 is 0 Å². The summed E-state index contributed by atoms with van der Waals surface area (Å²) in [5, 5.41) is 0. The number of aromatic amines is 1. The highest BCUT2D eigenvalue weighted by Gasteiger charge is 2.13. The minimum atomic E-state index is -0.423. The number of nitrogen functional groups attached to an aromatic ring is 1. The van der Waals surface area contributed by atoms with Crippen molar-refractivity contribution < 1.29 is 4.79 Å². The number of fused-ring (bicyclic) bond motifs is 1. The first kappa shape index (κ1) is 13.2. The maximum atomic E-state index is 12.3. The SMILES string of the molecule is Nc1ccc2c(c1)[nH]c(=O)n2C(=O)CCc1ccccc1. The standard InChI is InChI=1S/C16H15N3O2/c17-12-7-8-14-13(10-12)18-16(21)19(14)15(20)9-6-11-4-2-1-3-5-11/h1-5,7-8,10H,6,9,17H2,(H,18,21). The average Bonchev–Trinajstić information content (AvgIpc) is 2.81. The fourth-order valence-corrected chi connectivity index (χ4v) is 2.38. The fraction of sp³-hybridized carbons (Fsp3) is 0.125. The molecule has 21 heavy (non-hydrogen) atoms. The Morgan fingerprint density at radius 1 is 1.14 bits per heavy atom. The van der Waals surface area contributed by atoms with Gasteiger partial charge in [-0.1, -0.05) is 30.3 Å². The van der Waals surface area contributed by atoms with Gasteiger partial charge >= 0.3 is 5.69 Å². The van der Waals surface area contributed by atoms with Crippen molar-refractivity contribution >= 4 is 22.6 Å². The number of H-pyrrole nitrogens is 1. The third kappa shape index (κ3) is 2.58. The number of nitrogens with one attached hydrogen (secondary N) is 1. The summed E-state index contributed by atoms with van der Waals surface area (Å²) in [6, 6.07) is 14.7. The molecule has 0 radical (unpaired) electrons. The maximum Gasteiger partial charge on any atom is 0.333 e. The van der Waals surface area contributed by atoms with Crippen molar-refractivity contribution in [3.63, 3.8) is 0 Å². The van der Waals surface area contributed by atoms with E-state index in [9.17, 15) is 9.59 Å². The molecule has 3 N–H and O–H groups in total. The molecule has 0 fully saturated rings. The molecule has 0 spiro atoms. The van der Waals surface area contributed by atoms with Crippen LogP contribution in [0, 0.1) is 0 Å². The van der Waals surface area contributed by atoms with Crippen molar-refractivity contribution in [2.45, 2.75) is 12.8 Å². The Hall–Kier alpha value is -2.82. The first-order valence-electron chi connectivity index (χ1n) is 6.72. The van der Waals surface area contributed by atoms with Crippen LogP contribution in [0.1, 0.15) is 16.8 Å². The highest BCUT2D eigenvalue weighted by Crippen LogP contribution is 2.14. The molecule has 3 rings (SSSR count). The molecule has 0 saturated heterocycles. The van der Waals surface area contributed by atoms with E-state index in [0.29, 0.717) is 23.1 Å². The van der Waals surface area contributed by atoms with Crippen molar-refractivity contribution in [3.8, 4) is 0 Å². The number of aromatic nitrogens is 2. The number of benzene rings is 2. The number of hydrogen-bond acceptors (Lipinski definition) is 3. The topological polar surface area (TPSA) is 80.9 Å². The molecule has 106 valence electrons. The van der Waals surface area contributed by atoms with Crippen molar-refractivity contribution in [1.82, 2.24) is 9.55 Å². The minimum absolute atomic E-state index is 0.222. The number of nitrogens with zero attached hydrogens (tertiary/aromatic N) is 1. The Balaban J connectivity index is 1.88. The van der Waals surface area contributed by atoms with Crippen LogP contribution in [-0.4, -0.2) is 15.5 Å². The first-order chi connectivity index (χ1) is 10.1. The third-order valence-electron chi connectivity index (χ3n) is 3.43. The minimum Gasteiger partial charge on any atom is -0.399 e. The number of hydrogen-bond donors (Lipinski definition) is 2. The number of anilines is 1. The zero-order valence-electron chi connectivity index (χ0n) is 11.4. The molecule has 0 aliphatic rings. The smallest absolute Gasteiger partial charge is 0.333 e. The largest absolute Gasteiger partial charge is 0.399 e. The van der Waals surface area contributed by atoms with Gasteiger partial charge in [0, 0.05) is 12.1 Å². The van der Waals surface area contributed by atoms with Gasteiger partial charge in [0.05, 0.1) is 11.0 Å². The highest BCUT2D eigenvalue weighted by molar-refractivity contribution is 5.91. The number of aryl methyl sites for hydroxylation is 1. The van der Waals surface area contributed by atoms with Crippen LogP contribution < -0.4 is 11.4 Å². The van der Waals surface area contributed by atoms with E-state index in [4.69, 9.17) is 5.73 Å². The Labute approximate surface area is 121 Å². The van der Waals surface area contributed by atoms with Crippen LogP contribution in [0.2, 0.25) is 0 Å². The second-order valence-electron chi connectivity index (χ2n) is 4.92. The van der Waals surface area contributed by atoms with E-state index in [1.54, 1.807) is 18.2 Å². The zero-order chi connectivity index (χ0) is 14.8. The molecule has 0 aliphatic carbocycles. The van der Waals surface area contributed by atoms with Crippen LogP contribution in [0.4, 0.5) is 5.69 Å². The van der Waals surface area contributed by atoms with Gasteiger partial charge in [0.25, 0.3) is 0 Å². The van der Waals surface area contributed by atoms with Crippen molar-refractivity contribution in [1.29, 1.82) is 0 Å². The molecule has 2 aromatic carbocycles. The fourth-order valence-electron chi connectivity index (χ4n) is 2.38. The van der Waals surface area contributed by atoms with Gasteiger partial charge in [0.2, 0.25) is 5.91 Å². The number of carbonyl (C=O) groups is 1. The second kappa shape index (κ2) is 5.28. The van der Waals surface area contributed by atoms with Crippen LogP contribution in [0.15, 0.2) is 53.3 Å². The van der Waals surface area contributed by atoms with E-state index in [1.807, 2.05) is 30.3 Å². The summed E-state index contributed by atoms with van der Waals surface area (Å²) in [6.07, 6.45) is 0.884. The Kier molecular flexibility index (Phi) is 3.31. The third-order valence-corrected chi connectivity index (χ3v) is 3.43. The average molecular weight is 281 g/mol. The molecule has 0 atom stereocenters. The van der Waals surface area contributed by atoms with Gasteiger partial charge < -0.3 is 10.7 Å². The number of imidazole rings is 1. The van der Waals surface area contributed by atoms with Crippen LogP contribution in [0.3, 0.4) is 0 Å². The predicted octanol–water partition coefficient (Wildman–Crippen LogP) is 2.18. The predicted molar refractivity (Wildman–Crippen MR) is 82.4 cm³/mol. The van der Waals surface area contributed by atoms with Gasteiger partial charge in [-0.3, -0.25) is 4.79 Å². The van der Waals surface area contributed by atoms with Gasteiger partial charge in [0.1, 0.15) is 0 Å². The summed E-state index contributed by atoms with van der Waals surface area (Å²) in [4.78, 5) is 26.9. The molecule has 1 aromatic heterocycles. The normalized spacial score (nSPS) is 10.9. The van der Waals surface area contributed by atoms with Crippen LogP contribution >= 0.6 is 0 Å². The summed E-state index contributed by atoms with van der Waals surface area (Å²) >= 11 is 0. The van der Waals surface area contributed by atoms with Crippen LogP contribution in [0.5, 0.6) is 0 Å². The maximum absolute atomic E-state index is 12.3. The van der Waals surface area contributed by atoms with Gasteiger partial charge in [-0.25, -0.2) is 9.36 Å². The number of rotatable bonds is 3. The Morgan fingerprint density at radius 3 is 2.67 bits per heavy atom. The van der Waals surface area contributed by atoms with Crippen LogP contribution in [0.25, 0.3) is 11.0 Å². The van der Waals surface area contributed by atoms with E-state index in [-0.39, 0.29) is 12.3 Å². The summed E-state index contributed by atoms with van der Waals surface area (Å²) in [6.45, 7) is 0. The molecule has 0 unspecified atom stereocenters. The molecule has 0 bridgehead atoms. The van der Waals surface area contributed by atoms with E-state index < -0.39 is 5.69 Å². The van der Waals surface area contributed by atoms with Crippen LogP contribution in [-0.2, 0) is 6.42 Å². The molecule has 0 amide bonds. The molecule has 0 aliphatic heterocycles. The zero-order valence-corrected chi connectivity index (χ0v) is 11.4. The van der Waals surface area contributed by atoms with Gasteiger partial charge in [-0.2, -0.15) is 0 Å². The quantitative estimate of drug-likeness (QED) is 0.722. The summed E-state index contributed by atoms with van der Waals surface area (Å²) in [5.41, 5.74) is 8.02. The van der Waals surface area contributed by atoms with Crippen molar-refractivity contribution in [3.05, 3.63) is 64.6 Å². The molecule has 5 heteroatoms. The number of carbonyl (C=O) groups excluding carboxylic acids is 1. The Morgan fingerprint density at radius 2 is 1.90 bits per heavy atom. The summed E-state index contributed by atoms with van der Waals surface area (Å²) in [5.74, 6) is -0.222. The molecule has 1 heterocycles. The first-order valence-corrected chi connectivity index (χ1v) is 6.72. The lowest BCUT2D eigenvalue weighted by molar-refractivity contribution is 0.0904. The second-order valence-corrected chi connectivity index (χ2v) is 4.92. The lowest BCUT2D eigenvalue weighted by Crippen LogP contribution is -2.24. The number of nitrogens with two attached hydrogens (primary N) is 1. The molecule has 3 aromatic rings. The monoisotopic (exact) mass is 281 g/mol. The molecule has 0 saturated carbocycles. The molecular weight excluding hydrogens is 266 g/mol. The van der Waals surface area contributed by atoms with Gasteiger partial charge in [-0.15, -0.1) is 0 Å².